The summed E-state index contributed by atoms with van der Waals surface area (Å²) in [6.07, 6.45) is 1.62. The summed E-state index contributed by atoms with van der Waals surface area (Å²) >= 11 is 6.88. The highest BCUT2D eigenvalue weighted by atomic mass is 127. The van der Waals surface area contributed by atoms with E-state index in [1.807, 2.05) is 22.6 Å². The molecule has 18 heavy (non-hydrogen) atoms. The number of nitrogens with zero attached hydrogens (tertiary/aromatic N) is 1. The maximum atomic E-state index is 13.4. The van der Waals surface area contributed by atoms with Crippen LogP contribution >= 0.6 is 34.8 Å². The molecule has 0 fully saturated rings. The zero-order valence-corrected chi connectivity index (χ0v) is 12.1. The Balaban J connectivity index is 2.40. The Labute approximate surface area is 123 Å². The molecule has 0 unspecified atom stereocenters. The Morgan fingerprint density at radius 1 is 1.33 bits per heavy atom. The average molecular weight is 373 g/mol. The van der Waals surface area contributed by atoms with E-state index in [2.05, 4.69) is 10.3 Å². The van der Waals surface area contributed by atoms with Gasteiger partial charge >= 0.3 is 0 Å². The molecule has 0 radical (unpaired) electrons. The smallest absolute Gasteiger partial charge is 0.140 e. The summed E-state index contributed by atoms with van der Waals surface area (Å²) in [5.74, 6) is 0.238. The van der Waals surface area contributed by atoms with E-state index in [9.17, 15) is 4.39 Å². The van der Waals surface area contributed by atoms with Crippen molar-refractivity contribution in [1.29, 1.82) is 0 Å². The van der Waals surface area contributed by atoms with Crippen LogP contribution in [-0.4, -0.2) is 9.97 Å². The van der Waals surface area contributed by atoms with Crippen molar-refractivity contribution in [2.75, 3.05) is 5.32 Å². The number of nitrogens with two attached hydrogens (primary N) is 1. The van der Waals surface area contributed by atoms with E-state index in [-0.39, 0.29) is 10.8 Å². The summed E-state index contributed by atoms with van der Waals surface area (Å²) in [5.41, 5.74) is 6.87. The molecule has 0 aliphatic rings. The third kappa shape index (κ3) is 2.75. The number of pyridine rings is 1. The predicted octanol–water partition coefficient (Wildman–Crippen LogP) is 3.20. The summed E-state index contributed by atoms with van der Waals surface area (Å²) in [5, 5.41) is 3.04. The second kappa shape index (κ2) is 5.57. The minimum atomic E-state index is -0.284. The third-order valence-electron chi connectivity index (χ3n) is 2.28. The van der Waals surface area contributed by atoms with Gasteiger partial charge in [-0.15, -0.1) is 0 Å². The van der Waals surface area contributed by atoms with Crippen LogP contribution < -0.4 is 11.1 Å². The fourth-order valence-electron chi connectivity index (χ4n) is 1.43. The molecule has 0 aliphatic heterocycles. The van der Waals surface area contributed by atoms with Gasteiger partial charge in [-0.3, -0.25) is 0 Å². The Hall–Kier alpha value is -1.28. The van der Waals surface area contributed by atoms with E-state index in [0.29, 0.717) is 20.6 Å². The van der Waals surface area contributed by atoms with Gasteiger partial charge in [-0.1, -0.05) is 18.3 Å². The van der Waals surface area contributed by atoms with Gasteiger partial charge in [0, 0.05) is 6.20 Å². The van der Waals surface area contributed by atoms with Crippen molar-refractivity contribution in [2.45, 2.75) is 0 Å². The Kier molecular flexibility index (Phi) is 4.07. The first-order valence-electron chi connectivity index (χ1n) is 5.05. The molecular weight excluding hydrogens is 364 g/mol. The average Bonchev–Trinajstić information content (AvgIpc) is 2.35. The molecule has 0 saturated carbocycles. The molecule has 2 rings (SSSR count). The first-order chi connectivity index (χ1) is 8.59. The SMILES string of the molecule is NC(=S)c1cccnc1Nc1cccc(F)c1I. The number of nitrogens with one attached hydrogen (secondary N) is 1. The van der Waals surface area contributed by atoms with E-state index in [1.165, 1.54) is 6.07 Å². The zero-order valence-electron chi connectivity index (χ0n) is 9.15. The molecule has 0 aliphatic carbocycles. The number of benzene rings is 1. The number of hydrogen-bond donors (Lipinski definition) is 2. The first-order valence-corrected chi connectivity index (χ1v) is 6.54. The van der Waals surface area contributed by atoms with Crippen molar-refractivity contribution >= 4 is 51.3 Å². The lowest BCUT2D eigenvalue weighted by atomic mass is 10.2. The van der Waals surface area contributed by atoms with Crippen LogP contribution in [0.3, 0.4) is 0 Å². The highest BCUT2D eigenvalue weighted by molar-refractivity contribution is 14.1. The fourth-order valence-corrected chi connectivity index (χ4v) is 2.09. The lowest BCUT2D eigenvalue weighted by molar-refractivity contribution is 0.621. The van der Waals surface area contributed by atoms with Gasteiger partial charge in [0.05, 0.1) is 14.8 Å². The fraction of sp³-hybridized carbons (Fsp3) is 0. The van der Waals surface area contributed by atoms with Gasteiger partial charge in [-0.2, -0.15) is 0 Å². The van der Waals surface area contributed by atoms with Crippen molar-refractivity contribution in [3.63, 3.8) is 0 Å². The molecule has 1 aromatic heterocycles. The van der Waals surface area contributed by atoms with E-state index in [0.717, 1.165) is 0 Å². The van der Waals surface area contributed by atoms with Crippen LogP contribution in [0.5, 0.6) is 0 Å². The van der Waals surface area contributed by atoms with Crippen molar-refractivity contribution in [2.24, 2.45) is 5.73 Å². The van der Waals surface area contributed by atoms with Crippen LogP contribution in [0, 0.1) is 9.39 Å². The van der Waals surface area contributed by atoms with E-state index in [1.54, 1.807) is 30.5 Å². The van der Waals surface area contributed by atoms with Gasteiger partial charge in [0.25, 0.3) is 0 Å². The molecule has 1 aromatic carbocycles. The van der Waals surface area contributed by atoms with Gasteiger partial charge in [0.15, 0.2) is 0 Å². The van der Waals surface area contributed by atoms with Crippen LogP contribution in [0.1, 0.15) is 5.56 Å². The second-order valence-electron chi connectivity index (χ2n) is 3.49. The minimum absolute atomic E-state index is 0.247. The quantitative estimate of drug-likeness (QED) is 0.641. The maximum Gasteiger partial charge on any atom is 0.140 e. The van der Waals surface area contributed by atoms with Gasteiger partial charge in [0.2, 0.25) is 0 Å². The van der Waals surface area contributed by atoms with E-state index in [4.69, 9.17) is 18.0 Å². The Morgan fingerprint density at radius 2 is 2.11 bits per heavy atom. The molecule has 6 heteroatoms. The highest BCUT2D eigenvalue weighted by Gasteiger charge is 2.09. The standard InChI is InChI=1S/C12H9FIN3S/c13-8-4-1-5-9(10(8)14)17-12-7(11(15)18)3-2-6-16-12/h1-6H,(H2,15,18)(H,16,17). The molecule has 1 heterocycles. The lowest BCUT2D eigenvalue weighted by Crippen LogP contribution is -2.13. The summed E-state index contributed by atoms with van der Waals surface area (Å²) in [6, 6.07) is 8.31. The van der Waals surface area contributed by atoms with Crippen LogP contribution in [0.25, 0.3) is 0 Å². The molecule has 3 nitrogen and oxygen atoms in total. The maximum absolute atomic E-state index is 13.4. The Morgan fingerprint density at radius 3 is 2.83 bits per heavy atom. The van der Waals surface area contributed by atoms with Crippen LogP contribution in [0.2, 0.25) is 0 Å². The summed E-state index contributed by atoms with van der Waals surface area (Å²) in [4.78, 5) is 4.41. The van der Waals surface area contributed by atoms with Crippen LogP contribution in [0.4, 0.5) is 15.9 Å². The monoisotopic (exact) mass is 373 g/mol. The summed E-state index contributed by atoms with van der Waals surface area (Å²) in [7, 11) is 0. The number of halogens is 2. The van der Waals surface area contributed by atoms with Gasteiger partial charge in [0.1, 0.15) is 16.6 Å². The number of aromatic nitrogens is 1. The number of hydrogen-bond acceptors (Lipinski definition) is 3. The normalized spacial score (nSPS) is 10.1. The van der Waals surface area contributed by atoms with Crippen molar-refractivity contribution in [3.8, 4) is 0 Å². The van der Waals surface area contributed by atoms with Gasteiger partial charge in [-0.05, 0) is 46.9 Å². The predicted molar refractivity (Wildman–Crippen MR) is 82.5 cm³/mol. The van der Waals surface area contributed by atoms with Crippen LogP contribution in [0.15, 0.2) is 36.5 Å². The molecule has 2 aromatic rings. The third-order valence-corrected chi connectivity index (χ3v) is 3.59. The summed E-state index contributed by atoms with van der Waals surface area (Å²) in [6.45, 7) is 0. The van der Waals surface area contributed by atoms with Gasteiger partial charge < -0.3 is 11.1 Å². The number of thiocarbonyl (C=S) groups is 1. The van der Waals surface area contributed by atoms with Gasteiger partial charge in [-0.25, -0.2) is 9.37 Å². The zero-order chi connectivity index (χ0) is 13.1. The topological polar surface area (TPSA) is 50.9 Å². The van der Waals surface area contributed by atoms with E-state index >= 15 is 0 Å². The second-order valence-corrected chi connectivity index (χ2v) is 5.01. The van der Waals surface area contributed by atoms with Crippen molar-refractivity contribution in [3.05, 3.63) is 51.5 Å². The molecule has 0 saturated heterocycles. The lowest BCUT2D eigenvalue weighted by Gasteiger charge is -2.11. The highest BCUT2D eigenvalue weighted by Crippen LogP contribution is 2.25. The molecule has 3 N–H and O–H groups in total. The number of rotatable bonds is 3. The molecule has 0 amide bonds. The molecule has 0 bridgehead atoms. The van der Waals surface area contributed by atoms with Crippen molar-refractivity contribution in [1.82, 2.24) is 4.98 Å². The molecule has 0 atom stereocenters. The molecule has 0 spiro atoms. The summed E-state index contributed by atoms with van der Waals surface area (Å²) < 4.78 is 13.9. The Bertz CT molecular complexity index is 604. The number of anilines is 2. The molecule has 92 valence electrons. The van der Waals surface area contributed by atoms with Crippen LogP contribution in [-0.2, 0) is 0 Å². The van der Waals surface area contributed by atoms with Crippen molar-refractivity contribution < 1.29 is 4.39 Å². The first kappa shape index (κ1) is 13.2. The van der Waals surface area contributed by atoms with E-state index < -0.39 is 0 Å². The molecular formula is C12H9FIN3S. The largest absolute Gasteiger partial charge is 0.389 e. The minimum Gasteiger partial charge on any atom is -0.389 e.